The Bertz CT molecular complexity index is 2510. The number of carbonyl (C=O) groups excluding carboxylic acids is 3. The molecule has 0 rings (SSSR count). The highest BCUT2D eigenvalue weighted by atomic mass is 31.2. The van der Waals surface area contributed by atoms with E-state index in [1.807, 2.05) is 0 Å². The zero-order chi connectivity index (χ0) is 79.4. The van der Waals surface area contributed by atoms with E-state index >= 15 is 0 Å². The van der Waals surface area contributed by atoms with Crippen molar-refractivity contribution < 1.29 is 75.8 Å². The van der Waals surface area contributed by atoms with Crippen LogP contribution in [0.4, 0.5) is 0 Å². The van der Waals surface area contributed by atoms with Crippen LogP contribution in [0.25, 0.3) is 0 Å². The van der Waals surface area contributed by atoms with Crippen LogP contribution < -0.4 is 0 Å². The molecule has 628 valence electrons. The minimum absolute atomic E-state index is 0.0943. The van der Waals surface area contributed by atoms with Gasteiger partial charge in [0.1, 0.15) is 25.4 Å². The van der Waals surface area contributed by atoms with Crippen molar-refractivity contribution in [1.29, 1.82) is 0 Å². The van der Waals surface area contributed by atoms with E-state index in [1.165, 1.54) is 167 Å². The van der Waals surface area contributed by atoms with E-state index in [1.54, 1.807) is 0 Å². The van der Waals surface area contributed by atoms with Crippen LogP contribution in [0.2, 0.25) is 0 Å². The average Bonchev–Trinajstić information content (AvgIpc) is 0.837. The highest BCUT2D eigenvalue weighted by Gasteiger charge is 2.29. The van der Waals surface area contributed by atoms with Gasteiger partial charge in [0.2, 0.25) is 0 Å². The summed E-state index contributed by atoms with van der Waals surface area (Å²) in [6.07, 6.45) is 102. The van der Waals surface area contributed by atoms with Crippen molar-refractivity contribution in [1.82, 2.24) is 0 Å². The van der Waals surface area contributed by atoms with Gasteiger partial charge in [-0.2, -0.15) is 0 Å². The second-order valence-corrected chi connectivity index (χ2v) is 31.8. The molecule has 0 heterocycles. The summed E-state index contributed by atoms with van der Waals surface area (Å²) in [5, 5.41) is 20.7. The normalized spacial score (nSPS) is 14.5. The molecule has 16 nitrogen and oxygen atoms in total. The van der Waals surface area contributed by atoms with Gasteiger partial charge >= 0.3 is 33.6 Å². The summed E-state index contributed by atoms with van der Waals surface area (Å²) < 4.78 is 61.2. The molecule has 0 saturated carbocycles. The van der Waals surface area contributed by atoms with E-state index in [4.69, 9.17) is 32.3 Å². The zero-order valence-corrected chi connectivity index (χ0v) is 70.7. The maximum Gasteiger partial charge on any atom is 0.472 e. The Labute approximate surface area is 665 Å². The molecule has 0 aliphatic heterocycles. The Morgan fingerprint density at radius 1 is 0.266 bits per heavy atom. The first kappa shape index (κ1) is 105. The number of allylic oxidation sites excluding steroid dienone is 22. The van der Waals surface area contributed by atoms with Gasteiger partial charge in [0, 0.05) is 19.3 Å². The number of rotatable bonds is 82. The summed E-state index contributed by atoms with van der Waals surface area (Å²) in [5.74, 6) is -1.57. The molecule has 0 aliphatic carbocycles. The number of phosphoric acid groups is 2. The number of hydrogen-bond acceptors (Lipinski definition) is 14. The Morgan fingerprint density at radius 2 is 0.486 bits per heavy atom. The minimum atomic E-state index is -4.93. The SMILES string of the molecule is CC/C=C\C/C=C\C/C=C\C/C=C\C/C=C\CCCCCCCCCCCCCCCCCC(=O)OCC(O)COP(=O)(O)OCC(O)COP(=O)(O)OCC(COC(=O)CCCCCCCCCCCCCCCCC/C=C\C/C=C\C/C=C\C/C=C\C/C=C\CC)OC(=O)CCCCCCC/C=C\CCCC. The number of phosphoric ester groups is 2. The molecule has 0 bridgehead atoms. The molecule has 0 radical (unpaired) electrons. The highest BCUT2D eigenvalue weighted by molar-refractivity contribution is 7.47. The molecule has 4 N–H and O–H groups in total. The zero-order valence-electron chi connectivity index (χ0n) is 68.9. The third-order valence-corrected chi connectivity index (χ3v) is 20.2. The molecule has 0 saturated heterocycles. The number of hydrogen-bond donors (Lipinski definition) is 4. The van der Waals surface area contributed by atoms with Crippen molar-refractivity contribution >= 4 is 33.6 Å². The molecular weight excluding hydrogens is 1410 g/mol. The van der Waals surface area contributed by atoms with Crippen LogP contribution in [0.3, 0.4) is 0 Å². The molecule has 0 amide bonds. The lowest BCUT2D eigenvalue weighted by Gasteiger charge is -2.21. The fourth-order valence-electron chi connectivity index (χ4n) is 11.8. The van der Waals surface area contributed by atoms with E-state index in [9.17, 15) is 43.5 Å². The summed E-state index contributed by atoms with van der Waals surface area (Å²) >= 11 is 0. The van der Waals surface area contributed by atoms with Gasteiger partial charge in [0.25, 0.3) is 0 Å². The van der Waals surface area contributed by atoms with Crippen LogP contribution in [-0.4, -0.2) is 95.9 Å². The van der Waals surface area contributed by atoms with E-state index < -0.39 is 91.5 Å². The van der Waals surface area contributed by atoms with Crippen LogP contribution in [0, 0.1) is 0 Å². The van der Waals surface area contributed by atoms with E-state index in [0.717, 1.165) is 141 Å². The monoisotopic (exact) mass is 1570 g/mol. The molecule has 18 heteroatoms. The fourth-order valence-corrected chi connectivity index (χ4v) is 13.4. The predicted molar refractivity (Wildman–Crippen MR) is 454 cm³/mol. The van der Waals surface area contributed by atoms with Crippen LogP contribution >= 0.6 is 15.6 Å². The van der Waals surface area contributed by atoms with Gasteiger partial charge in [-0.3, -0.25) is 32.5 Å². The van der Waals surface area contributed by atoms with Gasteiger partial charge in [-0.25, -0.2) is 9.13 Å². The maximum atomic E-state index is 12.9. The van der Waals surface area contributed by atoms with Crippen LogP contribution in [-0.2, 0) is 55.8 Å². The predicted octanol–water partition coefficient (Wildman–Crippen LogP) is 26.2. The topological polar surface area (TPSA) is 231 Å². The van der Waals surface area contributed by atoms with Crippen molar-refractivity contribution in [2.45, 2.75) is 386 Å². The molecule has 0 aromatic heterocycles. The summed E-state index contributed by atoms with van der Waals surface area (Å²) in [6, 6.07) is 0. The number of ether oxygens (including phenoxy) is 3. The number of carbonyl (C=O) groups is 3. The van der Waals surface area contributed by atoms with Crippen molar-refractivity contribution in [3.05, 3.63) is 134 Å². The van der Waals surface area contributed by atoms with Crippen molar-refractivity contribution in [2.24, 2.45) is 0 Å². The molecule has 5 unspecified atom stereocenters. The number of aliphatic hydroxyl groups is 2. The molecule has 0 fully saturated rings. The summed E-state index contributed by atoms with van der Waals surface area (Å²) in [4.78, 5) is 58.7. The van der Waals surface area contributed by atoms with Crippen LogP contribution in [0.15, 0.2) is 134 Å². The molecular formula is C91H158O16P2. The third kappa shape index (κ3) is 84.4. The average molecular weight is 1570 g/mol. The molecule has 0 aromatic rings. The quantitative estimate of drug-likeness (QED) is 0.0146. The molecule has 0 spiro atoms. The van der Waals surface area contributed by atoms with Crippen molar-refractivity contribution in [3.8, 4) is 0 Å². The first-order valence-electron chi connectivity index (χ1n) is 43.5. The lowest BCUT2D eigenvalue weighted by molar-refractivity contribution is -0.161. The highest BCUT2D eigenvalue weighted by Crippen LogP contribution is 2.45. The van der Waals surface area contributed by atoms with Gasteiger partial charge < -0.3 is 34.2 Å². The second kappa shape index (κ2) is 83.1. The molecule has 0 aromatic carbocycles. The Morgan fingerprint density at radius 3 is 0.780 bits per heavy atom. The molecule has 0 aliphatic rings. The van der Waals surface area contributed by atoms with Crippen LogP contribution in [0.1, 0.15) is 367 Å². The summed E-state index contributed by atoms with van der Waals surface area (Å²) in [7, 11) is -9.79. The van der Waals surface area contributed by atoms with Gasteiger partial charge in [-0.1, -0.05) is 353 Å². The van der Waals surface area contributed by atoms with Gasteiger partial charge in [0.15, 0.2) is 6.10 Å². The van der Waals surface area contributed by atoms with E-state index in [0.29, 0.717) is 19.3 Å². The van der Waals surface area contributed by atoms with Crippen LogP contribution in [0.5, 0.6) is 0 Å². The van der Waals surface area contributed by atoms with Gasteiger partial charge in [-0.15, -0.1) is 0 Å². The smallest absolute Gasteiger partial charge is 0.463 e. The first-order valence-corrected chi connectivity index (χ1v) is 46.5. The number of esters is 3. The lowest BCUT2D eigenvalue weighted by Crippen LogP contribution is -2.30. The van der Waals surface area contributed by atoms with E-state index in [2.05, 4.69) is 154 Å². The lowest BCUT2D eigenvalue weighted by atomic mass is 10.0. The largest absolute Gasteiger partial charge is 0.472 e. The summed E-state index contributed by atoms with van der Waals surface area (Å²) in [5.41, 5.74) is 0. The van der Waals surface area contributed by atoms with Crippen molar-refractivity contribution in [2.75, 3.05) is 39.6 Å². The minimum Gasteiger partial charge on any atom is -0.463 e. The number of unbranched alkanes of at least 4 members (excludes halogenated alkanes) is 37. The Kier molecular flexibility index (Phi) is 79.8. The van der Waals surface area contributed by atoms with Gasteiger partial charge in [-0.05, 0) is 128 Å². The fraction of sp³-hybridized carbons (Fsp3) is 0.725. The number of aliphatic hydroxyl groups excluding tert-OH is 2. The van der Waals surface area contributed by atoms with Gasteiger partial charge in [0.05, 0.1) is 26.4 Å². The first-order chi connectivity index (χ1) is 53.2. The molecule has 109 heavy (non-hydrogen) atoms. The summed E-state index contributed by atoms with van der Waals surface area (Å²) in [6.45, 7) is 2.44. The van der Waals surface area contributed by atoms with E-state index in [-0.39, 0.29) is 19.3 Å². The second-order valence-electron chi connectivity index (χ2n) is 28.9. The van der Waals surface area contributed by atoms with Crippen molar-refractivity contribution in [3.63, 3.8) is 0 Å². The molecule has 5 atom stereocenters. The third-order valence-electron chi connectivity index (χ3n) is 18.3. The Balaban J connectivity index is 4.37. The standard InChI is InChI=1S/C91H158O16P2/c1-4-7-10-13-16-19-22-24-26-28-30-32-34-36-38-40-42-44-46-48-50-52-54-56-58-60-63-65-68-71-74-77-89(94)101-80-86(92)81-103-108(97,98)104-82-87(93)83-105-109(99,100)106-85-88(107-91(96)79-76-73-70-67-62-21-18-15-12-9-6-3)84-102-90(95)78-75-72-69-66-64-61-59-57-55-53-51-49-47-45-43-41-39-37-35-33-31-29-27-25-23-20-17-14-11-8-5-2/h7-8,10-11,15-20,24-27,30-33,36-39,86-88,92-93H,4-6,9,12-14,21-23,28-29,34-35,40-85H2,1-3H3,(H,97,98)(H,99,100)/b10-7-,11-8-,18-15-,19-16-,20-17-,26-24-,27-25-,32-30-,33-31-,38-36-,39-37-. The maximum absolute atomic E-state index is 12.9. The Hall–Kier alpha value is -4.31.